The van der Waals surface area contributed by atoms with Crippen LogP contribution in [0.15, 0.2) is 34.3 Å². The largest absolute Gasteiger partial charge is 0.351 e. The van der Waals surface area contributed by atoms with Crippen LogP contribution in [0, 0.1) is 0 Å². The van der Waals surface area contributed by atoms with Crippen molar-refractivity contribution in [3.8, 4) is 0 Å². The fraction of sp³-hybridized carbons (Fsp3) is 0.308. The Labute approximate surface area is 110 Å². The summed E-state index contributed by atoms with van der Waals surface area (Å²) in [7, 11) is 0. The van der Waals surface area contributed by atoms with Crippen molar-refractivity contribution in [3.05, 3.63) is 35.0 Å². The van der Waals surface area contributed by atoms with Crippen molar-refractivity contribution in [1.82, 2.24) is 9.88 Å². The molecule has 1 saturated heterocycles. The zero-order chi connectivity index (χ0) is 12.4. The normalized spacial score (nSPS) is 21.8. The highest BCUT2D eigenvalue weighted by Crippen LogP contribution is 2.31. The van der Waals surface area contributed by atoms with E-state index in [4.69, 9.17) is 0 Å². The van der Waals surface area contributed by atoms with Gasteiger partial charge >= 0.3 is 0 Å². The molecule has 4 nitrogen and oxygen atoms in total. The maximum atomic E-state index is 11.8. The first-order valence-electron chi connectivity index (χ1n) is 6.01. The van der Waals surface area contributed by atoms with Crippen molar-refractivity contribution in [2.45, 2.75) is 12.8 Å². The van der Waals surface area contributed by atoms with E-state index < -0.39 is 0 Å². The number of hydrogen-bond donors (Lipinski definition) is 0. The van der Waals surface area contributed by atoms with Gasteiger partial charge in [-0.05, 0) is 42.8 Å². The lowest BCUT2D eigenvalue weighted by Gasteiger charge is -2.14. The van der Waals surface area contributed by atoms with E-state index in [1.54, 1.807) is 12.3 Å². The zero-order valence-corrected chi connectivity index (χ0v) is 10.7. The lowest BCUT2D eigenvalue weighted by molar-refractivity contribution is -0.113. The molecule has 0 saturated carbocycles. The van der Waals surface area contributed by atoms with Crippen LogP contribution in [-0.2, 0) is 4.79 Å². The molecule has 5 heteroatoms. The Morgan fingerprint density at radius 2 is 2.11 bits per heavy atom. The average molecular weight is 259 g/mol. The SMILES string of the molecule is O=C1N=C(N2CCCC2)S/C1=C\c1ccccn1. The van der Waals surface area contributed by atoms with Gasteiger partial charge in [0.15, 0.2) is 5.17 Å². The number of amides is 1. The third-order valence-electron chi connectivity index (χ3n) is 2.95. The number of carbonyl (C=O) groups is 1. The summed E-state index contributed by atoms with van der Waals surface area (Å²) in [5.41, 5.74) is 0.797. The Morgan fingerprint density at radius 1 is 1.28 bits per heavy atom. The molecule has 0 aromatic carbocycles. The van der Waals surface area contributed by atoms with Gasteiger partial charge in [-0.3, -0.25) is 9.78 Å². The first-order valence-corrected chi connectivity index (χ1v) is 6.83. The molecule has 1 fully saturated rings. The summed E-state index contributed by atoms with van der Waals surface area (Å²) < 4.78 is 0. The van der Waals surface area contributed by atoms with Gasteiger partial charge in [0.25, 0.3) is 5.91 Å². The Bertz CT molecular complexity index is 518. The van der Waals surface area contributed by atoms with Crippen LogP contribution >= 0.6 is 11.8 Å². The second kappa shape index (κ2) is 4.94. The maximum Gasteiger partial charge on any atom is 0.286 e. The predicted octanol–water partition coefficient (Wildman–Crippen LogP) is 2.15. The molecular weight excluding hydrogens is 246 g/mol. The van der Waals surface area contributed by atoms with Crippen LogP contribution in [0.3, 0.4) is 0 Å². The van der Waals surface area contributed by atoms with Crippen LogP contribution < -0.4 is 0 Å². The summed E-state index contributed by atoms with van der Waals surface area (Å²) in [6.45, 7) is 2.02. The molecule has 0 atom stereocenters. The fourth-order valence-electron chi connectivity index (χ4n) is 2.04. The number of thioether (sulfide) groups is 1. The van der Waals surface area contributed by atoms with Crippen molar-refractivity contribution in [3.63, 3.8) is 0 Å². The van der Waals surface area contributed by atoms with Crippen LogP contribution in [0.1, 0.15) is 18.5 Å². The molecule has 0 radical (unpaired) electrons. The average Bonchev–Trinajstić information content (AvgIpc) is 3.01. The molecule has 3 rings (SSSR count). The van der Waals surface area contributed by atoms with Crippen LogP contribution in [-0.4, -0.2) is 34.0 Å². The minimum atomic E-state index is -0.146. The fourth-order valence-corrected chi connectivity index (χ4v) is 2.99. The number of nitrogens with zero attached hydrogens (tertiary/aromatic N) is 3. The van der Waals surface area contributed by atoms with E-state index in [9.17, 15) is 4.79 Å². The van der Waals surface area contributed by atoms with E-state index in [1.807, 2.05) is 18.2 Å². The topological polar surface area (TPSA) is 45.6 Å². The van der Waals surface area contributed by atoms with Crippen LogP contribution in [0.2, 0.25) is 0 Å². The molecule has 0 unspecified atom stereocenters. The quantitative estimate of drug-likeness (QED) is 0.725. The van der Waals surface area contributed by atoms with Crippen LogP contribution in [0.5, 0.6) is 0 Å². The maximum absolute atomic E-state index is 11.8. The summed E-state index contributed by atoms with van der Waals surface area (Å²) in [4.78, 5) is 23.0. The van der Waals surface area contributed by atoms with E-state index in [0.29, 0.717) is 4.91 Å². The minimum Gasteiger partial charge on any atom is -0.351 e. The first kappa shape index (κ1) is 11.5. The molecule has 0 spiro atoms. The number of rotatable bonds is 1. The van der Waals surface area contributed by atoms with E-state index in [-0.39, 0.29) is 5.91 Å². The summed E-state index contributed by atoms with van der Waals surface area (Å²) >= 11 is 1.46. The highest BCUT2D eigenvalue weighted by Gasteiger charge is 2.27. The second-order valence-corrected chi connectivity index (χ2v) is 5.27. The zero-order valence-electron chi connectivity index (χ0n) is 9.87. The highest BCUT2D eigenvalue weighted by molar-refractivity contribution is 8.18. The molecule has 2 aliphatic heterocycles. The lowest BCUT2D eigenvalue weighted by atomic mass is 10.3. The van der Waals surface area contributed by atoms with Crippen molar-refractivity contribution < 1.29 is 4.79 Å². The standard InChI is InChI=1S/C13H13N3OS/c17-12-11(9-10-5-1-2-6-14-10)18-13(15-12)16-7-3-4-8-16/h1-2,5-6,9H,3-4,7-8H2/b11-9-. The van der Waals surface area contributed by atoms with E-state index in [2.05, 4.69) is 14.9 Å². The first-order chi connectivity index (χ1) is 8.83. The number of carbonyl (C=O) groups excluding carboxylic acids is 1. The van der Waals surface area contributed by atoms with Gasteiger partial charge in [0.05, 0.1) is 10.6 Å². The molecule has 18 heavy (non-hydrogen) atoms. The molecule has 1 amide bonds. The number of amidine groups is 1. The van der Waals surface area contributed by atoms with Gasteiger partial charge in [-0.15, -0.1) is 0 Å². The van der Waals surface area contributed by atoms with E-state index in [0.717, 1.165) is 24.0 Å². The van der Waals surface area contributed by atoms with Crippen molar-refractivity contribution in [1.29, 1.82) is 0 Å². The van der Waals surface area contributed by atoms with E-state index in [1.165, 1.54) is 24.6 Å². The highest BCUT2D eigenvalue weighted by atomic mass is 32.2. The second-order valence-electron chi connectivity index (χ2n) is 4.26. The third-order valence-corrected chi connectivity index (χ3v) is 4.00. The molecule has 92 valence electrons. The van der Waals surface area contributed by atoms with Crippen molar-refractivity contribution in [2.24, 2.45) is 4.99 Å². The van der Waals surface area contributed by atoms with Gasteiger partial charge in [-0.25, -0.2) is 0 Å². The predicted molar refractivity (Wildman–Crippen MR) is 73.1 cm³/mol. The van der Waals surface area contributed by atoms with Gasteiger partial charge in [-0.1, -0.05) is 6.07 Å². The van der Waals surface area contributed by atoms with Crippen LogP contribution in [0.4, 0.5) is 0 Å². The summed E-state index contributed by atoms with van der Waals surface area (Å²) in [5.74, 6) is -0.146. The Morgan fingerprint density at radius 3 is 2.83 bits per heavy atom. The van der Waals surface area contributed by atoms with Gasteiger partial charge in [0, 0.05) is 19.3 Å². The van der Waals surface area contributed by atoms with Crippen molar-refractivity contribution in [2.75, 3.05) is 13.1 Å². The smallest absolute Gasteiger partial charge is 0.286 e. The molecule has 2 aliphatic rings. The minimum absolute atomic E-state index is 0.146. The third kappa shape index (κ3) is 2.31. The molecule has 0 bridgehead atoms. The van der Waals surface area contributed by atoms with Crippen molar-refractivity contribution >= 4 is 28.9 Å². The Balaban J connectivity index is 1.77. The number of likely N-dealkylation sites (tertiary alicyclic amines) is 1. The number of hydrogen-bond acceptors (Lipinski definition) is 4. The van der Waals surface area contributed by atoms with Gasteiger partial charge < -0.3 is 4.90 Å². The van der Waals surface area contributed by atoms with Crippen LogP contribution in [0.25, 0.3) is 6.08 Å². The summed E-state index contributed by atoms with van der Waals surface area (Å²) in [6, 6.07) is 5.65. The van der Waals surface area contributed by atoms with Gasteiger partial charge in [0.1, 0.15) is 0 Å². The summed E-state index contributed by atoms with van der Waals surface area (Å²) in [5, 5.41) is 0.847. The van der Waals surface area contributed by atoms with Gasteiger partial charge in [0.2, 0.25) is 0 Å². The number of aliphatic imine (C=N–C) groups is 1. The number of pyridine rings is 1. The molecule has 0 aliphatic carbocycles. The molecule has 1 aromatic heterocycles. The number of aromatic nitrogens is 1. The summed E-state index contributed by atoms with van der Waals surface area (Å²) in [6.07, 6.45) is 5.90. The molecule has 1 aromatic rings. The molecule has 0 N–H and O–H groups in total. The Hall–Kier alpha value is -1.62. The lowest BCUT2D eigenvalue weighted by Crippen LogP contribution is -2.23. The Kier molecular flexibility index (Phi) is 3.15. The monoisotopic (exact) mass is 259 g/mol. The molecular formula is C13H13N3OS. The van der Waals surface area contributed by atoms with Gasteiger partial charge in [-0.2, -0.15) is 4.99 Å². The van der Waals surface area contributed by atoms with E-state index >= 15 is 0 Å². The molecule has 3 heterocycles.